The van der Waals surface area contributed by atoms with Gasteiger partial charge in [-0.25, -0.2) is 9.69 Å². The standard InChI is InChI=1S/C18H26N4O3/c1-17(2,3)19-14(23)11-21(5)12-22-15(24)18(4,20-16(22)25)13-9-7-6-8-10-13/h6-10H,11-12H2,1-5H3,(H,19,23)(H,20,25)/p+1/t18-/m1/s1. The predicted molar refractivity (Wildman–Crippen MR) is 93.7 cm³/mol. The molecular weight excluding hydrogens is 320 g/mol. The van der Waals surface area contributed by atoms with Gasteiger partial charge in [0.25, 0.3) is 11.8 Å². The normalized spacial score (nSPS) is 21.9. The Balaban J connectivity index is 2.04. The number of imide groups is 1. The third-order valence-electron chi connectivity index (χ3n) is 4.03. The molecule has 2 rings (SSSR count). The number of nitrogens with zero attached hydrogens (tertiary/aromatic N) is 1. The van der Waals surface area contributed by atoms with Gasteiger partial charge in [-0.05, 0) is 33.3 Å². The Morgan fingerprint density at radius 2 is 1.84 bits per heavy atom. The Morgan fingerprint density at radius 1 is 1.24 bits per heavy atom. The van der Waals surface area contributed by atoms with Crippen LogP contribution < -0.4 is 15.5 Å². The lowest BCUT2D eigenvalue weighted by molar-refractivity contribution is -0.879. The predicted octanol–water partition coefficient (Wildman–Crippen LogP) is -0.159. The van der Waals surface area contributed by atoms with Crippen molar-refractivity contribution < 1.29 is 19.3 Å². The van der Waals surface area contributed by atoms with Crippen LogP contribution in [0.3, 0.4) is 0 Å². The lowest BCUT2D eigenvalue weighted by atomic mass is 9.92. The van der Waals surface area contributed by atoms with Gasteiger partial charge >= 0.3 is 6.03 Å². The summed E-state index contributed by atoms with van der Waals surface area (Å²) in [6.45, 7) is 7.72. The highest BCUT2D eigenvalue weighted by Crippen LogP contribution is 2.27. The Hall–Kier alpha value is -2.41. The zero-order valence-electron chi connectivity index (χ0n) is 15.5. The molecule has 1 aliphatic rings. The zero-order valence-corrected chi connectivity index (χ0v) is 15.5. The lowest BCUT2D eigenvalue weighted by Gasteiger charge is -2.24. The number of quaternary nitrogens is 1. The van der Waals surface area contributed by atoms with E-state index in [1.165, 1.54) is 4.90 Å². The molecule has 25 heavy (non-hydrogen) atoms. The van der Waals surface area contributed by atoms with E-state index in [2.05, 4.69) is 10.6 Å². The van der Waals surface area contributed by atoms with Crippen LogP contribution in [0.15, 0.2) is 30.3 Å². The Labute approximate surface area is 148 Å². The number of nitrogens with one attached hydrogen (secondary N) is 3. The third-order valence-corrected chi connectivity index (χ3v) is 4.03. The van der Waals surface area contributed by atoms with E-state index in [-0.39, 0.29) is 30.6 Å². The summed E-state index contributed by atoms with van der Waals surface area (Å²) in [5.41, 5.74) is -0.657. The van der Waals surface area contributed by atoms with Gasteiger partial charge in [-0.3, -0.25) is 9.59 Å². The Bertz CT molecular complexity index is 669. The van der Waals surface area contributed by atoms with Crippen molar-refractivity contribution in [3.63, 3.8) is 0 Å². The van der Waals surface area contributed by atoms with Crippen LogP contribution in [0.2, 0.25) is 0 Å². The molecule has 3 N–H and O–H groups in total. The molecular formula is C18H27N4O3+. The second-order valence-corrected chi connectivity index (χ2v) is 7.74. The summed E-state index contributed by atoms with van der Waals surface area (Å²) in [7, 11) is 1.78. The molecule has 136 valence electrons. The fourth-order valence-corrected chi connectivity index (χ4v) is 2.87. The number of amides is 4. The molecule has 1 aliphatic heterocycles. The van der Waals surface area contributed by atoms with E-state index >= 15 is 0 Å². The van der Waals surface area contributed by atoms with Crippen molar-refractivity contribution in [2.45, 2.75) is 38.8 Å². The molecule has 4 amide bonds. The zero-order chi connectivity index (χ0) is 18.8. The topological polar surface area (TPSA) is 82.9 Å². The average molecular weight is 347 g/mol. The van der Waals surface area contributed by atoms with Crippen LogP contribution in [0, 0.1) is 0 Å². The SMILES string of the molecule is C[NH+](CC(=O)NC(C)(C)C)CN1C(=O)N[C@](C)(c2ccccc2)C1=O. The van der Waals surface area contributed by atoms with Crippen LogP contribution in [-0.4, -0.2) is 48.5 Å². The second kappa shape index (κ2) is 6.84. The van der Waals surface area contributed by atoms with Gasteiger partial charge in [-0.2, -0.15) is 0 Å². The highest BCUT2D eigenvalue weighted by molar-refractivity contribution is 6.07. The van der Waals surface area contributed by atoms with Crippen molar-refractivity contribution in [3.05, 3.63) is 35.9 Å². The Morgan fingerprint density at radius 3 is 2.40 bits per heavy atom. The number of urea groups is 1. The van der Waals surface area contributed by atoms with Crippen molar-refractivity contribution in [2.75, 3.05) is 20.3 Å². The summed E-state index contributed by atoms with van der Waals surface area (Å²) >= 11 is 0. The first kappa shape index (κ1) is 18.9. The van der Waals surface area contributed by atoms with E-state index < -0.39 is 11.6 Å². The summed E-state index contributed by atoms with van der Waals surface area (Å²) in [6.07, 6.45) is 0. The van der Waals surface area contributed by atoms with Crippen LogP contribution in [0.1, 0.15) is 33.3 Å². The summed E-state index contributed by atoms with van der Waals surface area (Å²) in [6, 6.07) is 8.71. The fourth-order valence-electron chi connectivity index (χ4n) is 2.87. The second-order valence-electron chi connectivity index (χ2n) is 7.74. The number of carbonyl (C=O) groups is 3. The smallest absolute Gasteiger partial charge is 0.329 e. The molecule has 0 bridgehead atoms. The first-order chi connectivity index (χ1) is 11.5. The molecule has 0 spiro atoms. The largest absolute Gasteiger partial charge is 0.347 e. The minimum atomic E-state index is -1.08. The van der Waals surface area contributed by atoms with Crippen LogP contribution in [0.25, 0.3) is 0 Å². The average Bonchev–Trinajstić information content (AvgIpc) is 2.70. The minimum Gasteiger partial charge on any atom is -0.347 e. The fraction of sp³-hybridized carbons (Fsp3) is 0.500. The van der Waals surface area contributed by atoms with Crippen LogP contribution >= 0.6 is 0 Å². The van der Waals surface area contributed by atoms with Gasteiger partial charge in [-0.15, -0.1) is 0 Å². The number of hydrogen-bond donors (Lipinski definition) is 3. The summed E-state index contributed by atoms with van der Waals surface area (Å²) in [4.78, 5) is 39.1. The van der Waals surface area contributed by atoms with E-state index in [1.807, 2.05) is 51.1 Å². The number of hydrogen-bond acceptors (Lipinski definition) is 3. The van der Waals surface area contributed by atoms with Crippen LogP contribution in [0.5, 0.6) is 0 Å². The van der Waals surface area contributed by atoms with Crippen molar-refractivity contribution in [3.8, 4) is 0 Å². The molecule has 0 aromatic heterocycles. The van der Waals surface area contributed by atoms with E-state index in [9.17, 15) is 14.4 Å². The summed E-state index contributed by atoms with van der Waals surface area (Å²) in [5.74, 6) is -0.429. The van der Waals surface area contributed by atoms with Crippen LogP contribution in [-0.2, 0) is 15.1 Å². The molecule has 7 nitrogen and oxygen atoms in total. The molecule has 1 heterocycles. The maximum atomic E-state index is 12.8. The van der Waals surface area contributed by atoms with Gasteiger partial charge in [0.1, 0.15) is 5.54 Å². The van der Waals surface area contributed by atoms with Gasteiger partial charge < -0.3 is 15.5 Å². The van der Waals surface area contributed by atoms with Gasteiger partial charge in [0.15, 0.2) is 13.2 Å². The first-order valence-electron chi connectivity index (χ1n) is 8.35. The highest BCUT2D eigenvalue weighted by atomic mass is 16.2. The number of likely N-dealkylation sites (N-methyl/N-ethyl adjacent to an activating group) is 1. The molecule has 2 atom stereocenters. The van der Waals surface area contributed by atoms with E-state index in [4.69, 9.17) is 0 Å². The molecule has 0 radical (unpaired) electrons. The molecule has 1 fully saturated rings. The van der Waals surface area contributed by atoms with Gasteiger partial charge in [0, 0.05) is 5.54 Å². The summed E-state index contributed by atoms with van der Waals surface area (Å²) < 4.78 is 0. The molecule has 7 heteroatoms. The van der Waals surface area contributed by atoms with Gasteiger partial charge in [0.05, 0.1) is 7.05 Å². The van der Waals surface area contributed by atoms with E-state index in [0.717, 1.165) is 10.5 Å². The minimum absolute atomic E-state index is 0.122. The number of benzene rings is 1. The maximum Gasteiger partial charge on any atom is 0.329 e. The monoisotopic (exact) mass is 347 g/mol. The molecule has 1 unspecified atom stereocenters. The first-order valence-corrected chi connectivity index (χ1v) is 8.35. The molecule has 0 aliphatic carbocycles. The third kappa shape index (κ3) is 4.36. The van der Waals surface area contributed by atoms with E-state index in [0.29, 0.717) is 0 Å². The molecule has 0 saturated carbocycles. The van der Waals surface area contributed by atoms with Crippen molar-refractivity contribution >= 4 is 17.8 Å². The summed E-state index contributed by atoms with van der Waals surface area (Å²) in [5, 5.41) is 5.64. The molecule has 1 aromatic carbocycles. The van der Waals surface area contributed by atoms with Gasteiger partial charge in [-0.1, -0.05) is 30.3 Å². The maximum absolute atomic E-state index is 12.8. The quantitative estimate of drug-likeness (QED) is 0.648. The van der Waals surface area contributed by atoms with Crippen molar-refractivity contribution in [2.24, 2.45) is 0 Å². The molecule has 1 saturated heterocycles. The van der Waals surface area contributed by atoms with Crippen LogP contribution in [0.4, 0.5) is 4.79 Å². The lowest BCUT2D eigenvalue weighted by Crippen LogP contribution is -3.12. The number of carbonyl (C=O) groups excluding carboxylic acids is 3. The van der Waals surface area contributed by atoms with Crippen molar-refractivity contribution in [1.29, 1.82) is 0 Å². The van der Waals surface area contributed by atoms with Gasteiger partial charge in [0.2, 0.25) is 0 Å². The Kier molecular flexibility index (Phi) is 5.17. The molecule has 1 aromatic rings. The number of rotatable bonds is 5. The van der Waals surface area contributed by atoms with E-state index in [1.54, 1.807) is 14.0 Å². The highest BCUT2D eigenvalue weighted by Gasteiger charge is 2.50. The van der Waals surface area contributed by atoms with Crippen molar-refractivity contribution in [1.82, 2.24) is 15.5 Å².